The number of thiazole rings is 1. The number of nitro groups is 1. The lowest BCUT2D eigenvalue weighted by Gasteiger charge is -2.24. The molecule has 3 aromatic carbocycles. The largest absolute Gasteiger partial charge is 0.507 e. The molecule has 1 amide bonds. The minimum atomic E-state index is -4.19. The number of non-ortho nitro benzene ring substituents is 1. The minimum Gasteiger partial charge on any atom is -0.507 e. The van der Waals surface area contributed by atoms with Crippen LogP contribution in [0.5, 0.6) is 0 Å². The van der Waals surface area contributed by atoms with Gasteiger partial charge in [0, 0.05) is 27.7 Å². The normalized spacial score (nSPS) is 16.8. The molecule has 1 atom stereocenters. The molecule has 1 aliphatic heterocycles. The third-order valence-corrected chi connectivity index (χ3v) is 10.1. The van der Waals surface area contributed by atoms with Crippen molar-refractivity contribution in [1.29, 1.82) is 0 Å². The van der Waals surface area contributed by atoms with E-state index in [2.05, 4.69) is 4.98 Å². The summed E-state index contributed by atoms with van der Waals surface area (Å²) in [6, 6.07) is 14.1. The number of hydrogen-bond acceptors (Lipinski definition) is 9. The molecule has 208 valence electrons. The van der Waals surface area contributed by atoms with Crippen LogP contribution in [0, 0.1) is 17.0 Å². The number of hydrogen-bond donors (Lipinski definition) is 1. The van der Waals surface area contributed by atoms with E-state index in [0.717, 1.165) is 40.9 Å². The number of nitro benzene ring substituents is 1. The first kappa shape index (κ1) is 28.4. The van der Waals surface area contributed by atoms with E-state index in [-0.39, 0.29) is 41.6 Å². The van der Waals surface area contributed by atoms with Gasteiger partial charge in [0.05, 0.1) is 27.6 Å². The van der Waals surface area contributed by atoms with Crippen molar-refractivity contribution in [2.45, 2.75) is 22.1 Å². The molecule has 1 aliphatic rings. The SMILES string of the molecule is Cc1ccc(/C(O)=C2\C(=O)C(=O)N(c3ncc(S(=O)(=O)c4ccc([N+](=O)[O-])cc4)s3)C2c2ccc(Cl)cc2Cl)cc1. The number of amides is 1. The number of ketones is 1. The monoisotopic (exact) mass is 629 g/mol. The number of halogens is 2. The van der Waals surface area contributed by atoms with E-state index < -0.39 is 38.3 Å². The number of nitrogens with zero attached hydrogens (tertiary/aromatic N) is 3. The van der Waals surface area contributed by atoms with Gasteiger partial charge in [0.15, 0.2) is 5.13 Å². The fourth-order valence-corrected chi connectivity index (χ4v) is 7.32. The summed E-state index contributed by atoms with van der Waals surface area (Å²) in [6.07, 6.45) is 1.02. The molecular weight excluding hydrogens is 613 g/mol. The predicted molar refractivity (Wildman–Crippen MR) is 153 cm³/mol. The Morgan fingerprint density at radius 1 is 1.05 bits per heavy atom. The summed E-state index contributed by atoms with van der Waals surface area (Å²) in [6.45, 7) is 1.85. The molecule has 1 N–H and O–H groups in total. The van der Waals surface area contributed by atoms with Crippen LogP contribution in [0.3, 0.4) is 0 Å². The summed E-state index contributed by atoms with van der Waals surface area (Å²) in [5, 5.41) is 22.4. The lowest BCUT2D eigenvalue weighted by molar-refractivity contribution is -0.384. The third-order valence-electron chi connectivity index (χ3n) is 6.33. The number of anilines is 1. The molecule has 10 nitrogen and oxygen atoms in total. The first-order valence-corrected chi connectivity index (χ1v) is 14.7. The molecule has 4 aromatic rings. The van der Waals surface area contributed by atoms with Crippen LogP contribution in [-0.2, 0) is 19.4 Å². The zero-order chi connectivity index (χ0) is 29.6. The van der Waals surface area contributed by atoms with Gasteiger partial charge in [-0.2, -0.15) is 0 Å². The zero-order valence-corrected chi connectivity index (χ0v) is 24.0. The van der Waals surface area contributed by atoms with Gasteiger partial charge < -0.3 is 5.11 Å². The molecule has 14 heteroatoms. The van der Waals surface area contributed by atoms with Crippen LogP contribution in [0.1, 0.15) is 22.7 Å². The number of rotatable bonds is 6. The third kappa shape index (κ3) is 5.10. The summed E-state index contributed by atoms with van der Waals surface area (Å²) < 4.78 is 26.2. The average molecular weight is 630 g/mol. The van der Waals surface area contributed by atoms with Crippen molar-refractivity contribution in [3.8, 4) is 0 Å². The molecule has 1 unspecified atom stereocenters. The number of Topliss-reactive ketones (excluding diaryl/α,β-unsaturated/α-hetero) is 1. The Labute approximate surface area is 247 Å². The standard InChI is InChI=1S/C27H17Cl2N3O7S2/c1-14-2-4-15(5-3-14)24(33)22-23(19-11-6-16(28)12-20(19)29)31(26(35)25(22)34)27-30-13-21(40-27)41(38,39)18-9-7-17(8-10-18)32(36)37/h2-13,23,33H,1H3/b24-22+. The quantitative estimate of drug-likeness (QED) is 0.0880. The molecular formula is C27H17Cl2N3O7S2. The van der Waals surface area contributed by atoms with Crippen molar-refractivity contribution >= 4 is 72.6 Å². The Morgan fingerprint density at radius 3 is 2.32 bits per heavy atom. The Kier molecular flexibility index (Phi) is 7.43. The number of aliphatic hydroxyl groups excluding tert-OH is 1. The fourth-order valence-electron chi connectivity index (χ4n) is 4.26. The molecule has 1 aromatic heterocycles. The van der Waals surface area contributed by atoms with E-state index in [9.17, 15) is 33.2 Å². The van der Waals surface area contributed by atoms with Gasteiger partial charge in [0.25, 0.3) is 11.5 Å². The Hall–Kier alpha value is -4.10. The van der Waals surface area contributed by atoms with Crippen molar-refractivity contribution in [1.82, 2.24) is 4.98 Å². The van der Waals surface area contributed by atoms with Crippen LogP contribution < -0.4 is 4.90 Å². The fraction of sp³-hybridized carbons (Fsp3) is 0.0741. The van der Waals surface area contributed by atoms with Crippen molar-refractivity contribution in [3.63, 3.8) is 0 Å². The average Bonchev–Trinajstić information content (AvgIpc) is 3.52. The highest BCUT2D eigenvalue weighted by atomic mass is 35.5. The molecule has 0 radical (unpaired) electrons. The number of sulfone groups is 1. The summed E-state index contributed by atoms with van der Waals surface area (Å²) in [4.78, 5) is 42.0. The maximum Gasteiger partial charge on any atom is 0.301 e. The van der Waals surface area contributed by atoms with Crippen molar-refractivity contribution in [2.24, 2.45) is 0 Å². The highest BCUT2D eigenvalue weighted by Gasteiger charge is 2.49. The van der Waals surface area contributed by atoms with E-state index in [0.29, 0.717) is 16.4 Å². The Bertz CT molecular complexity index is 1870. The second-order valence-electron chi connectivity index (χ2n) is 8.92. The Balaban J connectivity index is 1.65. The molecule has 2 heterocycles. The highest BCUT2D eigenvalue weighted by Crippen LogP contribution is 2.46. The van der Waals surface area contributed by atoms with Crippen molar-refractivity contribution in [3.05, 3.63) is 115 Å². The van der Waals surface area contributed by atoms with E-state index in [4.69, 9.17) is 23.2 Å². The summed E-state index contributed by atoms with van der Waals surface area (Å²) >= 11 is 13.2. The van der Waals surface area contributed by atoms with Gasteiger partial charge in [-0.25, -0.2) is 13.4 Å². The highest BCUT2D eigenvalue weighted by molar-refractivity contribution is 7.93. The molecule has 1 saturated heterocycles. The predicted octanol–water partition coefficient (Wildman–Crippen LogP) is 6.13. The van der Waals surface area contributed by atoms with Gasteiger partial charge >= 0.3 is 5.91 Å². The van der Waals surface area contributed by atoms with Crippen LogP contribution in [-0.4, -0.2) is 35.1 Å². The van der Waals surface area contributed by atoms with Crippen molar-refractivity contribution < 1.29 is 28.0 Å². The molecule has 1 fully saturated rings. The van der Waals surface area contributed by atoms with E-state index in [1.807, 2.05) is 6.92 Å². The lowest BCUT2D eigenvalue weighted by Crippen LogP contribution is -2.29. The maximum absolute atomic E-state index is 13.4. The van der Waals surface area contributed by atoms with Crippen LogP contribution in [0.15, 0.2) is 87.6 Å². The van der Waals surface area contributed by atoms with Gasteiger partial charge in [-0.15, -0.1) is 0 Å². The molecule has 5 rings (SSSR count). The molecule has 41 heavy (non-hydrogen) atoms. The smallest absolute Gasteiger partial charge is 0.301 e. The summed E-state index contributed by atoms with van der Waals surface area (Å²) in [5.74, 6) is -2.52. The second-order valence-corrected chi connectivity index (χ2v) is 12.9. The van der Waals surface area contributed by atoms with Crippen LogP contribution in [0.4, 0.5) is 10.8 Å². The van der Waals surface area contributed by atoms with Gasteiger partial charge in [-0.1, -0.05) is 70.4 Å². The lowest BCUT2D eigenvalue weighted by atomic mass is 9.95. The van der Waals surface area contributed by atoms with E-state index >= 15 is 0 Å². The molecule has 0 spiro atoms. The molecule has 0 aliphatic carbocycles. The van der Waals surface area contributed by atoms with Crippen LogP contribution in [0.2, 0.25) is 10.0 Å². The van der Waals surface area contributed by atoms with Gasteiger partial charge in [0.2, 0.25) is 9.84 Å². The van der Waals surface area contributed by atoms with E-state index in [1.165, 1.54) is 18.2 Å². The van der Waals surface area contributed by atoms with Crippen LogP contribution >= 0.6 is 34.5 Å². The number of benzene rings is 3. The Morgan fingerprint density at radius 2 is 1.71 bits per heavy atom. The van der Waals surface area contributed by atoms with E-state index in [1.54, 1.807) is 24.3 Å². The number of aryl methyl sites for hydroxylation is 1. The van der Waals surface area contributed by atoms with Gasteiger partial charge in [-0.05, 0) is 36.8 Å². The molecule has 0 saturated carbocycles. The first-order chi connectivity index (χ1) is 19.4. The minimum absolute atomic E-state index is 0.0967. The number of aliphatic hydroxyl groups is 1. The van der Waals surface area contributed by atoms with Gasteiger partial charge in [0.1, 0.15) is 9.97 Å². The number of carbonyl (C=O) groups excluding carboxylic acids is 2. The number of aromatic nitrogens is 1. The maximum atomic E-state index is 13.4. The summed E-state index contributed by atoms with van der Waals surface area (Å²) in [5.41, 5.74) is 0.885. The van der Waals surface area contributed by atoms with Crippen molar-refractivity contribution in [2.75, 3.05) is 4.90 Å². The molecule has 0 bridgehead atoms. The first-order valence-electron chi connectivity index (χ1n) is 11.7. The number of carbonyl (C=O) groups is 2. The summed E-state index contributed by atoms with van der Waals surface area (Å²) in [7, 11) is -4.19. The topological polar surface area (TPSA) is 148 Å². The zero-order valence-electron chi connectivity index (χ0n) is 20.8. The van der Waals surface area contributed by atoms with Crippen LogP contribution in [0.25, 0.3) is 5.76 Å². The van der Waals surface area contributed by atoms with Gasteiger partial charge in [-0.3, -0.25) is 24.6 Å². The second kappa shape index (κ2) is 10.7.